The number of esters is 1. The van der Waals surface area contributed by atoms with Crippen LogP contribution in [0.3, 0.4) is 0 Å². The first-order valence-corrected chi connectivity index (χ1v) is 7.60. The van der Waals surface area contributed by atoms with Gasteiger partial charge in [0.2, 0.25) is 0 Å². The lowest BCUT2D eigenvalue weighted by atomic mass is 10.2. The first kappa shape index (κ1) is 13.8. The molecule has 2 aromatic rings. The van der Waals surface area contributed by atoms with E-state index in [-0.39, 0.29) is 11.9 Å². The lowest BCUT2D eigenvalue weighted by Gasteiger charge is -2.04. The van der Waals surface area contributed by atoms with Crippen LogP contribution in [0.4, 0.5) is 5.69 Å². The molecule has 21 heavy (non-hydrogen) atoms. The number of hydrogen-bond acceptors (Lipinski definition) is 4. The fourth-order valence-electron chi connectivity index (χ4n) is 2.44. The van der Waals surface area contributed by atoms with E-state index >= 15 is 0 Å². The predicted molar refractivity (Wildman–Crippen MR) is 82.1 cm³/mol. The summed E-state index contributed by atoms with van der Waals surface area (Å²) >= 11 is 1.57. The van der Waals surface area contributed by atoms with E-state index in [1.54, 1.807) is 35.6 Å². The molecule has 0 aliphatic heterocycles. The highest BCUT2D eigenvalue weighted by molar-refractivity contribution is 7.14. The zero-order chi connectivity index (χ0) is 14.8. The summed E-state index contributed by atoms with van der Waals surface area (Å²) in [6.07, 6.45) is 3.35. The largest absolute Gasteiger partial charge is 0.465 e. The molecule has 0 fully saturated rings. The van der Waals surface area contributed by atoms with Crippen molar-refractivity contribution in [3.8, 4) is 0 Å². The van der Waals surface area contributed by atoms with Crippen molar-refractivity contribution in [2.45, 2.75) is 19.3 Å². The molecule has 5 heteroatoms. The summed E-state index contributed by atoms with van der Waals surface area (Å²) in [7, 11) is 1.34. The van der Waals surface area contributed by atoms with Crippen molar-refractivity contribution < 1.29 is 14.3 Å². The summed E-state index contributed by atoms with van der Waals surface area (Å²) in [5, 5.41) is 2.85. The van der Waals surface area contributed by atoms with E-state index in [4.69, 9.17) is 0 Å². The van der Waals surface area contributed by atoms with E-state index < -0.39 is 0 Å². The average Bonchev–Trinajstić information content (AvgIpc) is 3.08. The Hall–Kier alpha value is -2.14. The molecule has 1 amide bonds. The second-order valence-corrected chi connectivity index (χ2v) is 6.07. The molecular formula is C16H15NO3S. The fraction of sp³-hybridized carbons (Fsp3) is 0.250. The molecule has 1 N–H and O–H groups in total. The summed E-state index contributed by atoms with van der Waals surface area (Å²) in [6, 6.07) is 8.66. The molecule has 0 saturated heterocycles. The first-order chi connectivity index (χ1) is 10.2. The first-order valence-electron chi connectivity index (χ1n) is 6.78. The van der Waals surface area contributed by atoms with E-state index in [1.807, 2.05) is 6.07 Å². The van der Waals surface area contributed by atoms with Gasteiger partial charge in [-0.3, -0.25) is 4.79 Å². The number of fused-ring (bicyclic) bond motifs is 1. The molecule has 0 saturated carbocycles. The summed E-state index contributed by atoms with van der Waals surface area (Å²) in [4.78, 5) is 25.6. The van der Waals surface area contributed by atoms with Crippen molar-refractivity contribution in [3.63, 3.8) is 0 Å². The lowest BCUT2D eigenvalue weighted by Crippen LogP contribution is -2.10. The number of amides is 1. The molecule has 0 unspecified atom stereocenters. The third-order valence-corrected chi connectivity index (χ3v) is 4.77. The number of benzene rings is 1. The van der Waals surface area contributed by atoms with Gasteiger partial charge in [-0.1, -0.05) is 0 Å². The number of carbonyl (C=O) groups excluding carboxylic acids is 2. The van der Waals surface area contributed by atoms with Crippen LogP contribution >= 0.6 is 11.3 Å². The lowest BCUT2D eigenvalue weighted by molar-refractivity contribution is 0.0600. The van der Waals surface area contributed by atoms with Gasteiger partial charge in [-0.05, 0) is 55.2 Å². The average molecular weight is 301 g/mol. The molecule has 4 nitrogen and oxygen atoms in total. The summed E-state index contributed by atoms with van der Waals surface area (Å²) in [5.74, 6) is -0.484. The number of hydrogen-bond donors (Lipinski definition) is 1. The number of ether oxygens (including phenoxy) is 1. The maximum Gasteiger partial charge on any atom is 0.337 e. The van der Waals surface area contributed by atoms with Crippen molar-refractivity contribution in [2.75, 3.05) is 12.4 Å². The molecular weight excluding hydrogens is 286 g/mol. The number of anilines is 1. The smallest absolute Gasteiger partial charge is 0.337 e. The van der Waals surface area contributed by atoms with Gasteiger partial charge in [-0.2, -0.15) is 0 Å². The highest BCUT2D eigenvalue weighted by Gasteiger charge is 2.18. The maximum absolute atomic E-state index is 12.2. The minimum Gasteiger partial charge on any atom is -0.465 e. The maximum atomic E-state index is 12.2. The molecule has 108 valence electrons. The van der Waals surface area contributed by atoms with Crippen LogP contribution in [0, 0.1) is 0 Å². The van der Waals surface area contributed by atoms with Gasteiger partial charge < -0.3 is 10.1 Å². The number of thiophene rings is 1. The van der Waals surface area contributed by atoms with E-state index in [0.717, 1.165) is 17.7 Å². The Morgan fingerprint density at radius 2 is 1.95 bits per heavy atom. The summed E-state index contributed by atoms with van der Waals surface area (Å²) < 4.78 is 4.64. The minimum atomic E-state index is -0.387. The van der Waals surface area contributed by atoms with Crippen molar-refractivity contribution in [1.29, 1.82) is 0 Å². The Balaban J connectivity index is 1.70. The van der Waals surface area contributed by atoms with Crippen LogP contribution < -0.4 is 5.32 Å². The van der Waals surface area contributed by atoms with Crippen LogP contribution in [0.2, 0.25) is 0 Å². The quantitative estimate of drug-likeness (QED) is 0.885. The van der Waals surface area contributed by atoms with Gasteiger partial charge in [-0.25, -0.2) is 4.79 Å². The van der Waals surface area contributed by atoms with E-state index in [1.165, 1.54) is 24.0 Å². The van der Waals surface area contributed by atoms with Gasteiger partial charge in [0, 0.05) is 10.6 Å². The minimum absolute atomic E-state index is 0.0970. The number of rotatable bonds is 3. The third-order valence-electron chi connectivity index (χ3n) is 3.53. The molecule has 1 aromatic heterocycles. The van der Waals surface area contributed by atoms with Crippen molar-refractivity contribution in [1.82, 2.24) is 0 Å². The predicted octanol–water partition coefficient (Wildman–Crippen LogP) is 3.28. The second kappa shape index (κ2) is 5.69. The number of aryl methyl sites for hydroxylation is 2. The van der Waals surface area contributed by atoms with E-state index in [2.05, 4.69) is 10.1 Å². The highest BCUT2D eigenvalue weighted by Crippen LogP contribution is 2.31. The van der Waals surface area contributed by atoms with Crippen molar-refractivity contribution >= 4 is 28.9 Å². The molecule has 0 spiro atoms. The SMILES string of the molecule is COC(=O)c1ccc(NC(=O)c2cc3c(s2)CCC3)cc1. The zero-order valence-corrected chi connectivity index (χ0v) is 12.5. The van der Waals surface area contributed by atoms with Gasteiger partial charge >= 0.3 is 5.97 Å². The van der Waals surface area contributed by atoms with Gasteiger partial charge in [0.05, 0.1) is 17.6 Å². The third kappa shape index (κ3) is 2.83. The molecule has 0 atom stereocenters. The van der Waals surface area contributed by atoms with Crippen LogP contribution in [0.15, 0.2) is 30.3 Å². The van der Waals surface area contributed by atoms with Gasteiger partial charge in [0.25, 0.3) is 5.91 Å². The molecule has 1 heterocycles. The molecule has 0 bridgehead atoms. The normalized spacial score (nSPS) is 12.8. The summed E-state index contributed by atoms with van der Waals surface area (Å²) in [6.45, 7) is 0. The molecule has 3 rings (SSSR count). The zero-order valence-electron chi connectivity index (χ0n) is 11.6. The monoisotopic (exact) mass is 301 g/mol. The standard InChI is InChI=1S/C16H15NO3S/c1-20-16(19)10-5-7-12(8-6-10)17-15(18)14-9-11-3-2-4-13(11)21-14/h5-9H,2-4H2,1H3,(H,17,18). The van der Waals surface area contributed by atoms with Crippen molar-refractivity contribution in [3.05, 3.63) is 51.2 Å². The van der Waals surface area contributed by atoms with E-state index in [0.29, 0.717) is 11.3 Å². The van der Waals surface area contributed by atoms with Crippen LogP contribution in [-0.2, 0) is 17.6 Å². The van der Waals surface area contributed by atoms with Gasteiger partial charge in [0.15, 0.2) is 0 Å². The second-order valence-electron chi connectivity index (χ2n) is 4.94. The molecule has 1 aliphatic carbocycles. The van der Waals surface area contributed by atoms with Crippen LogP contribution in [0.25, 0.3) is 0 Å². The van der Waals surface area contributed by atoms with Crippen molar-refractivity contribution in [2.24, 2.45) is 0 Å². The number of nitrogens with one attached hydrogen (secondary N) is 1. The van der Waals surface area contributed by atoms with Crippen LogP contribution in [-0.4, -0.2) is 19.0 Å². The van der Waals surface area contributed by atoms with Crippen LogP contribution in [0.5, 0.6) is 0 Å². The fourth-order valence-corrected chi connectivity index (χ4v) is 3.59. The van der Waals surface area contributed by atoms with Gasteiger partial charge in [-0.15, -0.1) is 11.3 Å². The van der Waals surface area contributed by atoms with Crippen LogP contribution in [0.1, 0.15) is 36.9 Å². The Morgan fingerprint density at radius 1 is 1.19 bits per heavy atom. The molecule has 0 radical (unpaired) electrons. The summed E-state index contributed by atoms with van der Waals surface area (Å²) in [5.41, 5.74) is 2.44. The number of carbonyl (C=O) groups is 2. The molecule has 1 aromatic carbocycles. The highest BCUT2D eigenvalue weighted by atomic mass is 32.1. The number of methoxy groups -OCH3 is 1. The topological polar surface area (TPSA) is 55.4 Å². The Bertz CT molecular complexity index is 667. The Labute approximate surface area is 126 Å². The molecule has 1 aliphatic rings. The Morgan fingerprint density at radius 3 is 2.62 bits per heavy atom. The van der Waals surface area contributed by atoms with Gasteiger partial charge in [0.1, 0.15) is 0 Å². The Kier molecular flexibility index (Phi) is 3.75. The van der Waals surface area contributed by atoms with E-state index in [9.17, 15) is 9.59 Å².